The predicted molar refractivity (Wildman–Crippen MR) is 86.3 cm³/mol. The van der Waals surface area contributed by atoms with Crippen molar-refractivity contribution in [3.05, 3.63) is 47.4 Å². The van der Waals surface area contributed by atoms with Gasteiger partial charge in [0.05, 0.1) is 4.88 Å². The molecule has 6 nitrogen and oxygen atoms in total. The van der Waals surface area contributed by atoms with E-state index in [1.54, 1.807) is 11.3 Å². The molecule has 1 saturated heterocycles. The summed E-state index contributed by atoms with van der Waals surface area (Å²) in [7, 11) is 1.88. The van der Waals surface area contributed by atoms with Gasteiger partial charge in [0.1, 0.15) is 5.69 Å². The maximum absolute atomic E-state index is 12.5. The summed E-state index contributed by atoms with van der Waals surface area (Å²) in [6.45, 7) is 1.35. The van der Waals surface area contributed by atoms with Crippen LogP contribution in [0.3, 0.4) is 0 Å². The number of aryl methyl sites for hydroxylation is 1. The van der Waals surface area contributed by atoms with Crippen molar-refractivity contribution in [1.29, 1.82) is 0 Å². The summed E-state index contributed by atoms with van der Waals surface area (Å²) in [5, 5.41) is 6.09. The summed E-state index contributed by atoms with van der Waals surface area (Å²) in [5.74, 6) is 1.44. The van der Waals surface area contributed by atoms with Crippen LogP contribution in [0.5, 0.6) is 0 Å². The smallest absolute Gasteiger partial charge is 0.270 e. The van der Waals surface area contributed by atoms with Gasteiger partial charge >= 0.3 is 0 Å². The van der Waals surface area contributed by atoms with Gasteiger partial charge in [0.25, 0.3) is 11.8 Å². The molecule has 4 heterocycles. The summed E-state index contributed by atoms with van der Waals surface area (Å²) >= 11 is 1.57. The van der Waals surface area contributed by atoms with Crippen molar-refractivity contribution >= 4 is 17.2 Å². The number of aromatic nitrogens is 3. The van der Waals surface area contributed by atoms with Gasteiger partial charge in [0.15, 0.2) is 5.82 Å². The Labute approximate surface area is 137 Å². The Bertz CT molecular complexity index is 821. The Morgan fingerprint density at radius 2 is 2.30 bits per heavy atom. The molecule has 4 rings (SSSR count). The molecule has 1 fully saturated rings. The van der Waals surface area contributed by atoms with E-state index < -0.39 is 0 Å². The number of rotatable bonds is 3. The lowest BCUT2D eigenvalue weighted by Crippen LogP contribution is -2.29. The molecule has 1 amide bonds. The van der Waals surface area contributed by atoms with Crippen LogP contribution in [0.15, 0.2) is 40.4 Å². The number of hydrogen-bond acceptors (Lipinski definition) is 5. The molecule has 3 aromatic rings. The average molecular weight is 328 g/mol. The first-order chi connectivity index (χ1) is 11.2. The van der Waals surface area contributed by atoms with E-state index in [1.807, 2.05) is 52.4 Å². The van der Waals surface area contributed by atoms with Crippen molar-refractivity contribution in [1.82, 2.24) is 19.6 Å². The lowest BCUT2D eigenvalue weighted by atomic mass is 10.1. The van der Waals surface area contributed by atoms with Gasteiger partial charge in [-0.1, -0.05) is 11.2 Å². The molecule has 1 atom stereocenters. The summed E-state index contributed by atoms with van der Waals surface area (Å²) in [6, 6.07) is 7.65. The molecule has 0 aliphatic carbocycles. The van der Waals surface area contributed by atoms with Crippen molar-refractivity contribution in [2.45, 2.75) is 12.3 Å². The van der Waals surface area contributed by atoms with Gasteiger partial charge in [-0.2, -0.15) is 4.98 Å². The van der Waals surface area contributed by atoms with Crippen LogP contribution in [0.1, 0.15) is 28.7 Å². The van der Waals surface area contributed by atoms with E-state index in [-0.39, 0.29) is 11.8 Å². The highest BCUT2D eigenvalue weighted by Gasteiger charge is 2.31. The van der Waals surface area contributed by atoms with Crippen LogP contribution >= 0.6 is 11.3 Å². The summed E-state index contributed by atoms with van der Waals surface area (Å²) < 4.78 is 7.20. The largest absolute Gasteiger partial charge is 0.347 e. The van der Waals surface area contributed by atoms with Crippen LogP contribution in [0, 0.1) is 0 Å². The molecule has 0 unspecified atom stereocenters. The van der Waals surface area contributed by atoms with Crippen LogP contribution in [-0.2, 0) is 7.05 Å². The number of carbonyl (C=O) groups is 1. The van der Waals surface area contributed by atoms with Crippen LogP contribution in [-0.4, -0.2) is 38.6 Å². The van der Waals surface area contributed by atoms with E-state index in [9.17, 15) is 4.79 Å². The van der Waals surface area contributed by atoms with Crippen LogP contribution in [0.25, 0.3) is 10.8 Å². The van der Waals surface area contributed by atoms with E-state index >= 15 is 0 Å². The minimum absolute atomic E-state index is 0.0574. The number of amides is 1. The Kier molecular flexibility index (Phi) is 3.49. The molecule has 0 N–H and O–H groups in total. The Hall–Kier alpha value is -2.41. The summed E-state index contributed by atoms with van der Waals surface area (Å²) in [4.78, 5) is 19.9. The van der Waals surface area contributed by atoms with Gasteiger partial charge in [0, 0.05) is 32.3 Å². The highest BCUT2D eigenvalue weighted by molar-refractivity contribution is 7.13. The normalized spacial score (nSPS) is 17.8. The molecule has 0 bridgehead atoms. The zero-order chi connectivity index (χ0) is 15.8. The van der Waals surface area contributed by atoms with Crippen molar-refractivity contribution in [2.24, 2.45) is 7.05 Å². The third-order valence-electron chi connectivity index (χ3n) is 4.18. The third-order valence-corrected chi connectivity index (χ3v) is 5.04. The first kappa shape index (κ1) is 14.2. The Balaban J connectivity index is 1.48. The molecule has 0 radical (unpaired) electrons. The quantitative estimate of drug-likeness (QED) is 0.741. The van der Waals surface area contributed by atoms with Crippen LogP contribution < -0.4 is 0 Å². The molecule has 1 aliphatic rings. The molecule has 3 aromatic heterocycles. The molecule has 118 valence electrons. The van der Waals surface area contributed by atoms with Crippen molar-refractivity contribution in [3.63, 3.8) is 0 Å². The highest BCUT2D eigenvalue weighted by atomic mass is 32.1. The van der Waals surface area contributed by atoms with Crippen molar-refractivity contribution < 1.29 is 9.32 Å². The molecular weight excluding hydrogens is 312 g/mol. The van der Waals surface area contributed by atoms with Crippen LogP contribution in [0.2, 0.25) is 0 Å². The fraction of sp³-hybridized carbons (Fsp3) is 0.312. The van der Waals surface area contributed by atoms with Gasteiger partial charge in [0.2, 0.25) is 0 Å². The highest BCUT2D eigenvalue weighted by Crippen LogP contribution is 2.29. The van der Waals surface area contributed by atoms with E-state index in [2.05, 4.69) is 10.1 Å². The van der Waals surface area contributed by atoms with Gasteiger partial charge in [-0.25, -0.2) is 0 Å². The number of likely N-dealkylation sites (tertiary alicyclic amines) is 1. The molecule has 1 aliphatic heterocycles. The van der Waals surface area contributed by atoms with Crippen molar-refractivity contribution in [2.75, 3.05) is 13.1 Å². The van der Waals surface area contributed by atoms with Crippen LogP contribution in [0.4, 0.5) is 0 Å². The second kappa shape index (κ2) is 5.66. The minimum Gasteiger partial charge on any atom is -0.347 e. The fourth-order valence-electron chi connectivity index (χ4n) is 2.90. The number of carbonyl (C=O) groups excluding carboxylic acids is 1. The first-order valence-electron chi connectivity index (χ1n) is 7.50. The Morgan fingerprint density at radius 1 is 1.39 bits per heavy atom. The second-order valence-corrected chi connectivity index (χ2v) is 6.62. The second-order valence-electron chi connectivity index (χ2n) is 5.68. The number of nitrogens with zero attached hydrogens (tertiary/aromatic N) is 4. The topological polar surface area (TPSA) is 64.2 Å². The third kappa shape index (κ3) is 2.57. The standard InChI is InChI=1S/C16H16N4O2S/c1-19-7-2-4-12(19)16(21)20-8-6-11(10-20)14-17-15(22-18-14)13-5-3-9-23-13/h2-5,7,9,11H,6,8,10H2,1H3/t11-/m0/s1. The average Bonchev–Trinajstić information content (AvgIpc) is 3.31. The summed E-state index contributed by atoms with van der Waals surface area (Å²) in [5.41, 5.74) is 0.707. The predicted octanol–water partition coefficient (Wildman–Crippen LogP) is 2.77. The zero-order valence-corrected chi connectivity index (χ0v) is 13.5. The van der Waals surface area contributed by atoms with E-state index in [4.69, 9.17) is 4.52 Å². The maximum Gasteiger partial charge on any atom is 0.270 e. The number of thiophene rings is 1. The summed E-state index contributed by atoms with van der Waals surface area (Å²) in [6.07, 6.45) is 2.74. The van der Waals surface area contributed by atoms with E-state index in [0.29, 0.717) is 24.0 Å². The zero-order valence-electron chi connectivity index (χ0n) is 12.7. The van der Waals surface area contributed by atoms with E-state index in [0.717, 1.165) is 17.8 Å². The molecule has 23 heavy (non-hydrogen) atoms. The molecule has 0 saturated carbocycles. The molecule has 0 aromatic carbocycles. The van der Waals surface area contributed by atoms with Gasteiger partial charge in [-0.15, -0.1) is 11.3 Å². The van der Waals surface area contributed by atoms with E-state index in [1.165, 1.54) is 0 Å². The lowest BCUT2D eigenvalue weighted by molar-refractivity contribution is 0.0781. The molecule has 0 spiro atoms. The first-order valence-corrected chi connectivity index (χ1v) is 8.38. The number of hydrogen-bond donors (Lipinski definition) is 0. The molecule has 7 heteroatoms. The van der Waals surface area contributed by atoms with Gasteiger partial charge in [-0.05, 0) is 30.0 Å². The van der Waals surface area contributed by atoms with Crippen molar-refractivity contribution in [3.8, 4) is 10.8 Å². The SMILES string of the molecule is Cn1cccc1C(=O)N1CC[C@H](c2noc(-c3cccs3)n2)C1. The maximum atomic E-state index is 12.5. The lowest BCUT2D eigenvalue weighted by Gasteiger charge is -2.16. The Morgan fingerprint density at radius 3 is 3.04 bits per heavy atom. The van der Waals surface area contributed by atoms with Gasteiger partial charge < -0.3 is 14.0 Å². The minimum atomic E-state index is 0.0574. The van der Waals surface area contributed by atoms with Gasteiger partial charge in [-0.3, -0.25) is 4.79 Å². The molecular formula is C16H16N4O2S. The monoisotopic (exact) mass is 328 g/mol. The fourth-order valence-corrected chi connectivity index (χ4v) is 3.55.